The zero-order chi connectivity index (χ0) is 17.8. The summed E-state index contributed by atoms with van der Waals surface area (Å²) in [6.45, 7) is 0.0684. The van der Waals surface area contributed by atoms with E-state index in [2.05, 4.69) is 10.3 Å². The maximum absolute atomic E-state index is 12.2. The molecule has 7 nitrogen and oxygen atoms in total. The predicted molar refractivity (Wildman–Crippen MR) is 91.2 cm³/mol. The van der Waals surface area contributed by atoms with Crippen LogP contribution in [0.1, 0.15) is 16.2 Å². The van der Waals surface area contributed by atoms with E-state index in [0.717, 1.165) is 11.6 Å². The number of amides is 1. The van der Waals surface area contributed by atoms with Crippen molar-refractivity contribution in [3.8, 4) is 11.3 Å². The number of nitrogens with zero attached hydrogens (tertiary/aromatic N) is 2. The quantitative estimate of drug-likeness (QED) is 0.552. The first-order valence-electron chi connectivity index (χ1n) is 7.27. The number of halogens is 1. The fourth-order valence-corrected chi connectivity index (χ4v) is 2.44. The van der Waals surface area contributed by atoms with Crippen molar-refractivity contribution in [2.75, 3.05) is 0 Å². The van der Waals surface area contributed by atoms with E-state index < -0.39 is 10.8 Å². The van der Waals surface area contributed by atoms with Crippen LogP contribution in [0, 0.1) is 10.1 Å². The normalized spacial score (nSPS) is 10.4. The maximum Gasteiger partial charge on any atom is 0.270 e. The van der Waals surface area contributed by atoms with Gasteiger partial charge >= 0.3 is 0 Å². The molecule has 3 rings (SSSR count). The number of rotatable bonds is 5. The van der Waals surface area contributed by atoms with E-state index in [1.54, 1.807) is 6.20 Å². The Morgan fingerprint density at radius 2 is 2.00 bits per heavy atom. The third-order valence-corrected chi connectivity index (χ3v) is 3.73. The van der Waals surface area contributed by atoms with Gasteiger partial charge in [0.25, 0.3) is 11.6 Å². The van der Waals surface area contributed by atoms with Gasteiger partial charge in [-0.15, -0.1) is 0 Å². The molecule has 0 atom stereocenters. The van der Waals surface area contributed by atoms with Gasteiger partial charge in [-0.25, -0.2) is 4.98 Å². The molecule has 1 heterocycles. The highest BCUT2D eigenvalue weighted by atomic mass is 35.5. The summed E-state index contributed by atoms with van der Waals surface area (Å²) < 4.78 is 5.59. The van der Waals surface area contributed by atoms with E-state index in [9.17, 15) is 14.9 Å². The molecule has 1 aromatic heterocycles. The Hall–Kier alpha value is -3.19. The van der Waals surface area contributed by atoms with Crippen molar-refractivity contribution >= 4 is 23.2 Å². The number of nitro groups is 1. The lowest BCUT2D eigenvalue weighted by Gasteiger charge is -2.05. The van der Waals surface area contributed by atoms with Crippen LogP contribution in [0.5, 0.6) is 0 Å². The Morgan fingerprint density at radius 1 is 1.24 bits per heavy atom. The molecule has 0 saturated carbocycles. The minimum atomic E-state index is -0.578. The standard InChI is InChI=1S/C17H12ClN3O4/c18-14-8-12(21(23)24)6-7-13(14)17(22)20-10-16-19-9-15(25-16)11-4-2-1-3-5-11/h1-9H,10H2,(H,20,22). The molecular formula is C17H12ClN3O4. The molecule has 1 N–H and O–H groups in total. The number of benzene rings is 2. The first-order chi connectivity index (χ1) is 12.0. The first-order valence-corrected chi connectivity index (χ1v) is 7.64. The second-order valence-electron chi connectivity index (χ2n) is 5.09. The molecule has 0 aliphatic heterocycles. The van der Waals surface area contributed by atoms with Crippen molar-refractivity contribution in [1.82, 2.24) is 10.3 Å². The molecular weight excluding hydrogens is 346 g/mol. The summed E-state index contributed by atoms with van der Waals surface area (Å²) in [6.07, 6.45) is 1.58. The van der Waals surface area contributed by atoms with E-state index in [4.69, 9.17) is 16.0 Å². The van der Waals surface area contributed by atoms with Gasteiger partial charge in [-0.05, 0) is 6.07 Å². The van der Waals surface area contributed by atoms with Crippen LogP contribution in [-0.2, 0) is 6.54 Å². The molecule has 25 heavy (non-hydrogen) atoms. The number of nitrogens with one attached hydrogen (secondary N) is 1. The van der Waals surface area contributed by atoms with Crippen molar-refractivity contribution < 1.29 is 14.1 Å². The number of hydrogen-bond acceptors (Lipinski definition) is 5. The molecule has 8 heteroatoms. The summed E-state index contributed by atoms with van der Waals surface area (Å²) in [6, 6.07) is 13.1. The topological polar surface area (TPSA) is 98.3 Å². The summed E-state index contributed by atoms with van der Waals surface area (Å²) in [5.41, 5.74) is 0.842. The summed E-state index contributed by atoms with van der Waals surface area (Å²) in [7, 11) is 0. The van der Waals surface area contributed by atoms with Crippen LogP contribution in [0.3, 0.4) is 0 Å². The van der Waals surface area contributed by atoms with Gasteiger partial charge in [-0.2, -0.15) is 0 Å². The van der Waals surface area contributed by atoms with E-state index in [-0.39, 0.29) is 22.8 Å². The lowest BCUT2D eigenvalue weighted by Crippen LogP contribution is -2.23. The molecule has 1 amide bonds. The lowest BCUT2D eigenvalue weighted by atomic mass is 10.2. The van der Waals surface area contributed by atoms with Crippen LogP contribution in [0.4, 0.5) is 5.69 Å². The Kier molecular flexibility index (Phi) is 4.76. The number of carbonyl (C=O) groups excluding carboxylic acids is 1. The minimum absolute atomic E-state index is 0.00378. The van der Waals surface area contributed by atoms with E-state index in [1.807, 2.05) is 30.3 Å². The van der Waals surface area contributed by atoms with Crippen LogP contribution < -0.4 is 5.32 Å². The largest absolute Gasteiger partial charge is 0.439 e. The lowest BCUT2D eigenvalue weighted by molar-refractivity contribution is -0.384. The van der Waals surface area contributed by atoms with Crippen molar-refractivity contribution in [2.24, 2.45) is 0 Å². The molecule has 0 fully saturated rings. The van der Waals surface area contributed by atoms with E-state index >= 15 is 0 Å². The number of hydrogen-bond donors (Lipinski definition) is 1. The summed E-state index contributed by atoms with van der Waals surface area (Å²) in [5.74, 6) is 0.461. The average Bonchev–Trinajstić information content (AvgIpc) is 3.09. The SMILES string of the molecule is O=C(NCc1ncc(-c2ccccc2)o1)c1ccc([N+](=O)[O-])cc1Cl. The maximum atomic E-state index is 12.2. The average molecular weight is 358 g/mol. The molecule has 0 bridgehead atoms. The van der Waals surface area contributed by atoms with Crippen LogP contribution in [-0.4, -0.2) is 15.8 Å². The molecule has 3 aromatic rings. The minimum Gasteiger partial charge on any atom is -0.439 e. The van der Waals surface area contributed by atoms with Crippen LogP contribution in [0.25, 0.3) is 11.3 Å². The van der Waals surface area contributed by atoms with Gasteiger partial charge in [-0.1, -0.05) is 41.9 Å². The zero-order valence-corrected chi connectivity index (χ0v) is 13.6. The highest BCUT2D eigenvalue weighted by Gasteiger charge is 2.15. The third kappa shape index (κ3) is 3.84. The molecule has 126 valence electrons. The summed E-state index contributed by atoms with van der Waals surface area (Å²) >= 11 is 5.93. The summed E-state index contributed by atoms with van der Waals surface area (Å²) in [4.78, 5) is 26.4. The van der Waals surface area contributed by atoms with Crippen molar-refractivity contribution in [3.05, 3.63) is 81.3 Å². The van der Waals surface area contributed by atoms with Gasteiger partial charge in [0.1, 0.15) is 0 Å². The fraction of sp³-hybridized carbons (Fsp3) is 0.0588. The smallest absolute Gasteiger partial charge is 0.270 e. The Morgan fingerprint density at radius 3 is 2.68 bits per heavy atom. The number of aromatic nitrogens is 1. The van der Waals surface area contributed by atoms with Gasteiger partial charge in [0.05, 0.1) is 28.3 Å². The van der Waals surface area contributed by atoms with Gasteiger partial charge < -0.3 is 9.73 Å². The molecule has 0 spiro atoms. The van der Waals surface area contributed by atoms with E-state index in [0.29, 0.717) is 11.7 Å². The highest BCUT2D eigenvalue weighted by molar-refractivity contribution is 6.34. The molecule has 0 aliphatic carbocycles. The van der Waals surface area contributed by atoms with Crippen molar-refractivity contribution in [1.29, 1.82) is 0 Å². The van der Waals surface area contributed by atoms with Crippen LogP contribution in [0.2, 0.25) is 5.02 Å². The Labute approximate surface area is 147 Å². The predicted octanol–water partition coefficient (Wildman–Crippen LogP) is 3.83. The number of oxazole rings is 1. The summed E-state index contributed by atoms with van der Waals surface area (Å²) in [5, 5.41) is 13.3. The second kappa shape index (κ2) is 7.14. The number of carbonyl (C=O) groups is 1. The molecule has 2 aromatic carbocycles. The number of nitro benzene ring substituents is 1. The highest BCUT2D eigenvalue weighted by Crippen LogP contribution is 2.23. The van der Waals surface area contributed by atoms with Crippen LogP contribution in [0.15, 0.2) is 59.1 Å². The molecule has 0 unspecified atom stereocenters. The van der Waals surface area contributed by atoms with Gasteiger partial charge in [0.2, 0.25) is 5.89 Å². The molecule has 0 aliphatic rings. The Balaban J connectivity index is 1.67. The zero-order valence-electron chi connectivity index (χ0n) is 12.8. The fourth-order valence-electron chi connectivity index (χ4n) is 2.18. The number of non-ortho nitro benzene ring substituents is 1. The first kappa shape index (κ1) is 16.7. The van der Waals surface area contributed by atoms with Gasteiger partial charge in [0.15, 0.2) is 5.76 Å². The van der Waals surface area contributed by atoms with Crippen LogP contribution >= 0.6 is 11.6 Å². The van der Waals surface area contributed by atoms with Crippen molar-refractivity contribution in [2.45, 2.75) is 6.54 Å². The van der Waals surface area contributed by atoms with Gasteiger partial charge in [-0.3, -0.25) is 14.9 Å². The van der Waals surface area contributed by atoms with E-state index in [1.165, 1.54) is 12.1 Å². The molecule has 0 radical (unpaired) electrons. The monoisotopic (exact) mass is 357 g/mol. The Bertz CT molecular complexity index is 925. The molecule has 0 saturated heterocycles. The van der Waals surface area contributed by atoms with Gasteiger partial charge in [0, 0.05) is 17.7 Å². The third-order valence-electron chi connectivity index (χ3n) is 3.42. The second-order valence-corrected chi connectivity index (χ2v) is 5.50. The van der Waals surface area contributed by atoms with Crippen molar-refractivity contribution in [3.63, 3.8) is 0 Å².